The topological polar surface area (TPSA) is 130 Å². The molecule has 0 fully saturated rings. The molecule has 3 aliphatic heterocycles. The van der Waals surface area contributed by atoms with Crippen LogP contribution >= 0.6 is 0 Å². The summed E-state index contributed by atoms with van der Waals surface area (Å²) < 4.78 is 4.89. The zero-order valence-electron chi connectivity index (χ0n) is 24.4. The number of methoxy groups -OCH3 is 1. The highest BCUT2D eigenvalue weighted by molar-refractivity contribution is 6.23. The minimum atomic E-state index is -0.509. The molecule has 0 radical (unpaired) electrons. The molecule has 0 unspecified atom stereocenters. The number of carbonyl (C=O) groups is 3. The van der Waals surface area contributed by atoms with Gasteiger partial charge in [0.05, 0.1) is 40.8 Å². The third-order valence-corrected chi connectivity index (χ3v) is 8.69. The molecule has 3 N–H and O–H groups in total. The van der Waals surface area contributed by atoms with Gasteiger partial charge in [-0.15, -0.1) is 0 Å². The van der Waals surface area contributed by atoms with E-state index in [1.54, 1.807) is 0 Å². The second-order valence-electron chi connectivity index (χ2n) is 11.0. The number of nitrogens with one attached hydrogen (secondary N) is 3. The highest BCUT2D eigenvalue weighted by Gasteiger charge is 2.34. The normalized spacial score (nSPS) is 16.1. The number of ether oxygens (including phenoxy) is 1. The van der Waals surface area contributed by atoms with E-state index < -0.39 is 11.8 Å². The van der Waals surface area contributed by atoms with Crippen molar-refractivity contribution >= 4 is 57.1 Å². The second-order valence-corrected chi connectivity index (χ2v) is 11.0. The van der Waals surface area contributed by atoms with Gasteiger partial charge in [0.25, 0.3) is 11.8 Å². The molecule has 6 heterocycles. The molecular weight excluding hydrogens is 530 g/mol. The zero-order chi connectivity index (χ0) is 29.9. The molecule has 3 aromatic rings. The van der Waals surface area contributed by atoms with Gasteiger partial charge in [-0.05, 0) is 80.5 Å². The van der Waals surface area contributed by atoms with E-state index >= 15 is 0 Å². The van der Waals surface area contributed by atoms with Crippen LogP contribution in [0.1, 0.15) is 99.2 Å². The van der Waals surface area contributed by atoms with Crippen LogP contribution in [0, 0.1) is 13.8 Å². The molecular formula is C33H33N5O4. The number of rotatable bonds is 5. The summed E-state index contributed by atoms with van der Waals surface area (Å²) in [6, 6.07) is 6.00. The van der Waals surface area contributed by atoms with Crippen molar-refractivity contribution in [1.82, 2.24) is 25.3 Å². The van der Waals surface area contributed by atoms with Crippen molar-refractivity contribution in [2.45, 2.75) is 59.3 Å². The monoisotopic (exact) mass is 563 g/mol. The molecule has 214 valence electrons. The fourth-order valence-electron chi connectivity index (χ4n) is 6.39. The van der Waals surface area contributed by atoms with Crippen molar-refractivity contribution in [3.8, 4) is 0 Å². The Morgan fingerprint density at radius 1 is 1.00 bits per heavy atom. The van der Waals surface area contributed by atoms with Gasteiger partial charge in [0, 0.05) is 40.1 Å². The maximum atomic E-state index is 13.5. The summed E-state index contributed by atoms with van der Waals surface area (Å²) in [6.07, 6.45) is 3.77. The van der Waals surface area contributed by atoms with Gasteiger partial charge in [0.2, 0.25) is 0 Å². The van der Waals surface area contributed by atoms with E-state index in [1.165, 1.54) is 7.11 Å². The number of nitrogens with zero attached hydrogens (tertiary/aromatic N) is 2. The zero-order valence-corrected chi connectivity index (χ0v) is 24.4. The van der Waals surface area contributed by atoms with Gasteiger partial charge in [0.1, 0.15) is 0 Å². The fraction of sp³-hybridized carbons (Fsp3) is 0.303. The molecule has 0 aliphatic carbocycles. The predicted molar refractivity (Wildman–Crippen MR) is 163 cm³/mol. The Morgan fingerprint density at radius 3 is 2.43 bits per heavy atom. The van der Waals surface area contributed by atoms with Gasteiger partial charge in [0.15, 0.2) is 0 Å². The number of fused-ring (bicyclic) bond motifs is 8. The molecule has 9 heteroatoms. The average molecular weight is 564 g/mol. The second kappa shape index (κ2) is 10.2. The lowest BCUT2D eigenvalue weighted by Gasteiger charge is -2.16. The molecule has 9 nitrogen and oxygen atoms in total. The maximum Gasteiger partial charge on any atom is 0.305 e. The molecule has 0 spiro atoms. The third-order valence-electron chi connectivity index (χ3n) is 8.69. The highest BCUT2D eigenvalue weighted by Crippen LogP contribution is 2.38. The molecule has 8 bridgehead atoms. The number of hydrogen-bond donors (Lipinski definition) is 3. The van der Waals surface area contributed by atoms with Crippen LogP contribution in [-0.4, -0.2) is 44.8 Å². The van der Waals surface area contributed by atoms with E-state index in [9.17, 15) is 14.4 Å². The molecule has 0 aromatic carbocycles. The van der Waals surface area contributed by atoms with Crippen LogP contribution in [-0.2, 0) is 16.0 Å². The number of H-pyrrole nitrogens is 2. The number of hydrogen-bond acceptors (Lipinski definition) is 6. The number of aryl methyl sites for hydroxylation is 2. The standard InChI is InChI=1S/C33H33N5O4/c1-7-20-15(3)22-12-19-11-18(9-10-27(39)42-6)30(34-19)29-31-28(32(40)38-33(29)41)17(5)24(37-31)14-26-21(8-2)16(4)23(36-26)13-25(20)35-22/h7,12-14,18,35,37H,1,8-11H2,2-6H3,(H,38,40,41)/t18-/m0/s1. The summed E-state index contributed by atoms with van der Waals surface area (Å²) in [7, 11) is 1.36. The van der Waals surface area contributed by atoms with E-state index in [0.717, 1.165) is 62.4 Å². The summed E-state index contributed by atoms with van der Waals surface area (Å²) in [4.78, 5) is 55.6. The third kappa shape index (κ3) is 4.27. The van der Waals surface area contributed by atoms with Crippen molar-refractivity contribution in [3.63, 3.8) is 0 Å². The van der Waals surface area contributed by atoms with Crippen LogP contribution in [0.2, 0.25) is 0 Å². The Labute approximate surface area is 243 Å². The summed E-state index contributed by atoms with van der Waals surface area (Å²) in [5.41, 5.74) is 11.6. The molecule has 1 atom stereocenters. The first kappa shape index (κ1) is 27.4. The Kier molecular flexibility index (Phi) is 6.68. The van der Waals surface area contributed by atoms with E-state index in [1.807, 2.05) is 32.1 Å². The predicted octanol–water partition coefficient (Wildman–Crippen LogP) is 6.08. The van der Waals surface area contributed by atoms with Crippen LogP contribution in [0.3, 0.4) is 0 Å². The van der Waals surface area contributed by atoms with Crippen molar-refractivity contribution < 1.29 is 19.1 Å². The van der Waals surface area contributed by atoms with Crippen molar-refractivity contribution in [3.05, 3.63) is 75.4 Å². The molecule has 0 saturated heterocycles. The summed E-state index contributed by atoms with van der Waals surface area (Å²) in [5, 5.41) is 2.53. The average Bonchev–Trinajstić information content (AvgIpc) is 3.66. The number of amides is 2. The number of aromatic amines is 2. The number of imide groups is 1. The van der Waals surface area contributed by atoms with E-state index in [4.69, 9.17) is 14.7 Å². The van der Waals surface area contributed by atoms with Gasteiger partial charge in [-0.3, -0.25) is 24.7 Å². The van der Waals surface area contributed by atoms with Crippen LogP contribution < -0.4 is 5.32 Å². The van der Waals surface area contributed by atoms with Crippen LogP contribution in [0.15, 0.2) is 24.8 Å². The largest absolute Gasteiger partial charge is 0.469 e. The minimum absolute atomic E-state index is 0.183. The Morgan fingerprint density at radius 2 is 1.71 bits per heavy atom. The van der Waals surface area contributed by atoms with Gasteiger partial charge < -0.3 is 14.7 Å². The summed E-state index contributed by atoms with van der Waals surface area (Å²) >= 11 is 0. The van der Waals surface area contributed by atoms with Crippen molar-refractivity contribution in [2.75, 3.05) is 7.11 Å². The number of esters is 1. The first-order valence-electron chi connectivity index (χ1n) is 14.2. The van der Waals surface area contributed by atoms with Crippen LogP contribution in [0.25, 0.3) is 39.3 Å². The van der Waals surface area contributed by atoms with E-state index in [0.29, 0.717) is 40.7 Å². The van der Waals surface area contributed by atoms with Crippen LogP contribution in [0.5, 0.6) is 0 Å². The van der Waals surface area contributed by atoms with Crippen molar-refractivity contribution in [2.24, 2.45) is 0 Å². The molecule has 42 heavy (non-hydrogen) atoms. The number of aromatic nitrogens is 4. The first-order valence-corrected chi connectivity index (χ1v) is 14.2. The highest BCUT2D eigenvalue weighted by atomic mass is 16.5. The molecule has 2 amide bonds. The Bertz CT molecular complexity index is 1920. The lowest BCUT2D eigenvalue weighted by Crippen LogP contribution is -2.35. The summed E-state index contributed by atoms with van der Waals surface area (Å²) in [5.74, 6) is -1.51. The Balaban J connectivity index is 1.77. The lowest BCUT2D eigenvalue weighted by molar-refractivity contribution is -0.140. The molecule has 0 saturated carbocycles. The van der Waals surface area contributed by atoms with Gasteiger partial charge in [-0.2, -0.15) is 0 Å². The number of allylic oxidation sites excluding steroid dienone is 2. The quantitative estimate of drug-likeness (QED) is 0.255. The molecule has 3 aliphatic rings. The SMILES string of the molecule is C=Cc1c(C)c2cc3nc(c4c5[nH]c(cc6nc(cc1[nH]2)C(C)=C6CC)c(C)c5C(=O)NC4=O)[C@@H](CCC(=O)OC)C3. The fourth-order valence-corrected chi connectivity index (χ4v) is 6.39. The first-order chi connectivity index (χ1) is 20.1. The van der Waals surface area contributed by atoms with Gasteiger partial charge in [-0.1, -0.05) is 19.6 Å². The minimum Gasteiger partial charge on any atom is -0.469 e. The van der Waals surface area contributed by atoms with Gasteiger partial charge in [-0.25, -0.2) is 4.98 Å². The summed E-state index contributed by atoms with van der Waals surface area (Å²) in [6.45, 7) is 12.1. The van der Waals surface area contributed by atoms with E-state index in [2.05, 4.69) is 41.8 Å². The lowest BCUT2D eigenvalue weighted by atomic mass is 9.91. The van der Waals surface area contributed by atoms with E-state index in [-0.39, 0.29) is 18.3 Å². The van der Waals surface area contributed by atoms with Crippen LogP contribution in [0.4, 0.5) is 0 Å². The van der Waals surface area contributed by atoms with Crippen molar-refractivity contribution in [1.29, 1.82) is 0 Å². The maximum absolute atomic E-state index is 13.5. The smallest absolute Gasteiger partial charge is 0.305 e. The number of carbonyl (C=O) groups excluding carboxylic acids is 3. The Hall–Kier alpha value is -4.79. The van der Waals surface area contributed by atoms with Gasteiger partial charge >= 0.3 is 5.97 Å². The molecule has 6 rings (SSSR count). The molecule has 3 aromatic heterocycles.